The van der Waals surface area contributed by atoms with Crippen LogP contribution in [0.25, 0.3) is 0 Å². The molecule has 0 aromatic heterocycles. The van der Waals surface area contributed by atoms with Gasteiger partial charge in [-0.3, -0.25) is 0 Å². The standard InChI is InChI=1S/C25H45NO18/c1-6-11(29)17(35)20(43-22-10(26)15(33)13(31)8(4-27)40-22)25(39-6)44-21-19(12(30)7(2)38-24(21)37-3)42-23-18(36)16(34)14(32)9(5-28)41-23/h6-25,27-36H,4-5,26H2,1-3H3/t6-,7-,8+,9+,10+,11-,12-,13+,14+,15+,16-,17+,18+,19+,20+,21+,22-,23+,24+,25-/m0/s1. The second-order valence-electron chi connectivity index (χ2n) is 11.4. The van der Waals surface area contributed by atoms with Gasteiger partial charge < -0.3 is 94.7 Å². The first-order valence-corrected chi connectivity index (χ1v) is 14.3. The van der Waals surface area contributed by atoms with Gasteiger partial charge in [0.05, 0.1) is 31.5 Å². The van der Waals surface area contributed by atoms with Gasteiger partial charge in [-0.05, 0) is 13.8 Å². The minimum Gasteiger partial charge on any atom is -0.394 e. The van der Waals surface area contributed by atoms with Gasteiger partial charge in [0.15, 0.2) is 25.2 Å². The monoisotopic (exact) mass is 647 g/mol. The quantitative estimate of drug-likeness (QED) is 0.111. The van der Waals surface area contributed by atoms with E-state index in [9.17, 15) is 51.1 Å². The second kappa shape index (κ2) is 15.0. The van der Waals surface area contributed by atoms with Crippen molar-refractivity contribution < 1.29 is 89.0 Å². The molecular weight excluding hydrogens is 602 g/mol. The summed E-state index contributed by atoms with van der Waals surface area (Å²) in [7, 11) is 1.25. The fourth-order valence-corrected chi connectivity index (χ4v) is 5.60. The fourth-order valence-electron chi connectivity index (χ4n) is 5.60. The summed E-state index contributed by atoms with van der Waals surface area (Å²) in [5, 5.41) is 103. The Labute approximate surface area is 252 Å². The molecule has 0 aromatic carbocycles. The molecule has 0 amide bonds. The van der Waals surface area contributed by atoms with Gasteiger partial charge in [-0.15, -0.1) is 0 Å². The van der Waals surface area contributed by atoms with E-state index in [-0.39, 0.29) is 0 Å². The van der Waals surface area contributed by atoms with E-state index in [0.717, 1.165) is 0 Å². The van der Waals surface area contributed by atoms with Crippen molar-refractivity contribution >= 4 is 0 Å². The molecule has 0 radical (unpaired) electrons. The third-order valence-corrected chi connectivity index (χ3v) is 8.43. The summed E-state index contributed by atoms with van der Waals surface area (Å²) in [5.74, 6) is 0. The second-order valence-corrected chi connectivity index (χ2v) is 11.4. The van der Waals surface area contributed by atoms with Crippen molar-refractivity contribution in [3.63, 3.8) is 0 Å². The SMILES string of the molecule is CO[C@@H]1O[C@@H](C)[C@H](O)[C@@H](O[C@H]2O[C@H](CO)[C@@H](O)[C@H](O)[C@H]2O)[C@H]1O[C@@H]1O[C@@H](C)[C@H](O)[C@@H](O)[C@H]1O[C@@H]1O[C@H](CO)[C@@H](O)[C@H](O)[C@H]1N. The molecule has 12 N–H and O–H groups in total. The zero-order valence-electron chi connectivity index (χ0n) is 24.3. The van der Waals surface area contributed by atoms with Crippen LogP contribution in [0.1, 0.15) is 13.8 Å². The Kier molecular flexibility index (Phi) is 12.3. The van der Waals surface area contributed by atoms with Crippen molar-refractivity contribution in [3.8, 4) is 0 Å². The Morgan fingerprint density at radius 1 is 0.500 bits per heavy atom. The highest BCUT2D eigenvalue weighted by Gasteiger charge is 2.55. The average Bonchev–Trinajstić information content (AvgIpc) is 3.01. The first kappa shape index (κ1) is 36.1. The first-order valence-electron chi connectivity index (χ1n) is 14.3. The van der Waals surface area contributed by atoms with E-state index in [2.05, 4.69) is 0 Å². The average molecular weight is 648 g/mol. The molecule has 19 heteroatoms. The first-order chi connectivity index (χ1) is 20.7. The Bertz CT molecular complexity index is 903. The van der Waals surface area contributed by atoms with Crippen molar-refractivity contribution in [3.05, 3.63) is 0 Å². The lowest BCUT2D eigenvalue weighted by Crippen LogP contribution is -2.68. The normalized spacial score (nSPS) is 53.9. The molecule has 19 nitrogen and oxygen atoms in total. The lowest BCUT2D eigenvalue weighted by Gasteiger charge is -2.49. The molecule has 4 saturated heterocycles. The third kappa shape index (κ3) is 7.06. The van der Waals surface area contributed by atoms with Crippen molar-refractivity contribution in [1.82, 2.24) is 0 Å². The van der Waals surface area contributed by atoms with Gasteiger partial charge in [0, 0.05) is 7.11 Å². The van der Waals surface area contributed by atoms with E-state index in [1.165, 1.54) is 21.0 Å². The van der Waals surface area contributed by atoms with Gasteiger partial charge in [0.25, 0.3) is 0 Å². The molecule has 4 aliphatic rings. The number of ether oxygens (including phenoxy) is 8. The Balaban J connectivity index is 1.61. The van der Waals surface area contributed by atoms with Crippen LogP contribution in [0, 0.1) is 0 Å². The predicted molar refractivity (Wildman–Crippen MR) is 138 cm³/mol. The molecule has 4 fully saturated rings. The predicted octanol–water partition coefficient (Wildman–Crippen LogP) is -7.07. The van der Waals surface area contributed by atoms with E-state index in [1.54, 1.807) is 0 Å². The molecule has 4 aliphatic heterocycles. The van der Waals surface area contributed by atoms with E-state index < -0.39 is 136 Å². The van der Waals surface area contributed by atoms with Crippen molar-refractivity contribution in [2.24, 2.45) is 5.73 Å². The number of aliphatic hydroxyl groups is 10. The molecule has 20 atom stereocenters. The number of hydrogen-bond donors (Lipinski definition) is 11. The highest BCUT2D eigenvalue weighted by Crippen LogP contribution is 2.35. The minimum atomic E-state index is -1.83. The summed E-state index contributed by atoms with van der Waals surface area (Å²) in [5.41, 5.74) is 5.99. The number of nitrogens with two attached hydrogens (primary N) is 1. The topological polar surface area (TPSA) is 302 Å². The third-order valence-electron chi connectivity index (χ3n) is 8.43. The number of rotatable bonds is 9. The summed E-state index contributed by atoms with van der Waals surface area (Å²) in [6.45, 7) is 1.46. The minimum absolute atomic E-state index is 0.712. The molecular formula is C25H45NO18. The zero-order valence-corrected chi connectivity index (χ0v) is 24.3. The van der Waals surface area contributed by atoms with Crippen molar-refractivity contribution in [2.45, 2.75) is 137 Å². The van der Waals surface area contributed by atoms with Crippen LogP contribution in [-0.2, 0) is 37.9 Å². The highest BCUT2D eigenvalue weighted by atomic mass is 16.8. The number of aliphatic hydroxyl groups excluding tert-OH is 10. The molecule has 0 saturated carbocycles. The van der Waals surface area contributed by atoms with Crippen LogP contribution >= 0.6 is 0 Å². The van der Waals surface area contributed by atoms with Gasteiger partial charge in [-0.2, -0.15) is 0 Å². The van der Waals surface area contributed by atoms with Crippen molar-refractivity contribution in [2.75, 3.05) is 20.3 Å². The molecule has 258 valence electrons. The van der Waals surface area contributed by atoms with Crippen LogP contribution in [0.2, 0.25) is 0 Å². The maximum absolute atomic E-state index is 11.1. The summed E-state index contributed by atoms with van der Waals surface area (Å²) in [6, 6.07) is -1.38. The largest absolute Gasteiger partial charge is 0.394 e. The molecule has 4 rings (SSSR count). The number of hydrogen-bond acceptors (Lipinski definition) is 19. The van der Waals surface area contributed by atoms with E-state index >= 15 is 0 Å². The van der Waals surface area contributed by atoms with Gasteiger partial charge in [-0.25, -0.2) is 0 Å². The molecule has 0 aromatic rings. The van der Waals surface area contributed by atoms with Gasteiger partial charge in [0.1, 0.15) is 79.4 Å². The fraction of sp³-hybridized carbons (Fsp3) is 1.00. The van der Waals surface area contributed by atoms with Crippen LogP contribution in [0.15, 0.2) is 0 Å². The highest BCUT2D eigenvalue weighted by molar-refractivity contribution is 4.97. The maximum atomic E-state index is 11.1. The van der Waals surface area contributed by atoms with Crippen LogP contribution in [0.5, 0.6) is 0 Å². The van der Waals surface area contributed by atoms with Gasteiger partial charge >= 0.3 is 0 Å². The summed E-state index contributed by atoms with van der Waals surface area (Å²) >= 11 is 0. The molecule has 0 spiro atoms. The smallest absolute Gasteiger partial charge is 0.187 e. The molecule has 0 unspecified atom stereocenters. The Hall–Kier alpha value is -0.760. The summed E-state index contributed by atoms with van der Waals surface area (Å²) in [6.07, 6.45) is -28.5. The Morgan fingerprint density at radius 3 is 1.59 bits per heavy atom. The van der Waals surface area contributed by atoms with E-state index in [0.29, 0.717) is 0 Å². The molecule has 4 heterocycles. The Morgan fingerprint density at radius 2 is 1.00 bits per heavy atom. The van der Waals surface area contributed by atoms with E-state index in [4.69, 9.17) is 43.6 Å². The maximum Gasteiger partial charge on any atom is 0.187 e. The van der Waals surface area contributed by atoms with Gasteiger partial charge in [0.2, 0.25) is 0 Å². The van der Waals surface area contributed by atoms with Crippen LogP contribution in [-0.4, -0.2) is 194 Å². The molecule has 0 aliphatic carbocycles. The van der Waals surface area contributed by atoms with Crippen molar-refractivity contribution in [1.29, 1.82) is 0 Å². The number of methoxy groups -OCH3 is 1. The lowest BCUT2D eigenvalue weighted by atomic mass is 9.96. The summed E-state index contributed by atoms with van der Waals surface area (Å²) in [4.78, 5) is 0. The van der Waals surface area contributed by atoms with Crippen LogP contribution in [0.3, 0.4) is 0 Å². The summed E-state index contributed by atoms with van der Waals surface area (Å²) < 4.78 is 45.7. The van der Waals surface area contributed by atoms with E-state index in [1.807, 2.05) is 0 Å². The van der Waals surface area contributed by atoms with Crippen LogP contribution in [0.4, 0.5) is 0 Å². The zero-order chi connectivity index (χ0) is 32.6. The molecule has 0 bridgehead atoms. The van der Waals surface area contributed by atoms with Gasteiger partial charge in [-0.1, -0.05) is 0 Å². The van der Waals surface area contributed by atoms with Crippen LogP contribution < -0.4 is 5.73 Å². The lowest BCUT2D eigenvalue weighted by molar-refractivity contribution is -0.397. The molecule has 44 heavy (non-hydrogen) atoms.